The predicted octanol–water partition coefficient (Wildman–Crippen LogP) is 3.20. The Kier molecular flexibility index (Phi) is 5.44. The van der Waals surface area contributed by atoms with Gasteiger partial charge in [-0.3, -0.25) is 10.1 Å². The van der Waals surface area contributed by atoms with E-state index in [9.17, 15) is 10.1 Å². The third kappa shape index (κ3) is 3.92. The highest BCUT2D eigenvalue weighted by Gasteiger charge is 2.21. The van der Waals surface area contributed by atoms with Gasteiger partial charge in [0.1, 0.15) is 6.07 Å². The number of pyridine rings is 1. The molecule has 20 heavy (non-hydrogen) atoms. The lowest BCUT2D eigenvalue weighted by molar-refractivity contribution is -0.384. The molecule has 1 aromatic heterocycles. The summed E-state index contributed by atoms with van der Waals surface area (Å²) in [5.41, 5.74) is 0.0295. The Morgan fingerprint density at radius 1 is 1.40 bits per heavy atom. The van der Waals surface area contributed by atoms with Gasteiger partial charge in [0, 0.05) is 18.8 Å². The van der Waals surface area contributed by atoms with E-state index in [2.05, 4.69) is 38.0 Å². The Hall–Kier alpha value is -2.16. The van der Waals surface area contributed by atoms with E-state index in [0.717, 1.165) is 0 Å². The van der Waals surface area contributed by atoms with Gasteiger partial charge in [-0.05, 0) is 17.8 Å². The topological polar surface area (TPSA) is 91.8 Å². The molecule has 1 N–H and O–H groups in total. The monoisotopic (exact) mass is 276 g/mol. The Balaban J connectivity index is 2.92. The van der Waals surface area contributed by atoms with E-state index in [1.54, 1.807) is 0 Å². The molecular formula is C14H20N4O2. The van der Waals surface area contributed by atoms with Gasteiger partial charge in [-0.25, -0.2) is 4.98 Å². The molecule has 0 amide bonds. The van der Waals surface area contributed by atoms with Gasteiger partial charge in [0.15, 0.2) is 0 Å². The number of nitrogens with zero attached hydrogens (tertiary/aromatic N) is 3. The second-order valence-electron chi connectivity index (χ2n) is 5.49. The Bertz CT molecular complexity index is 512. The van der Waals surface area contributed by atoms with Gasteiger partial charge >= 0.3 is 5.69 Å². The van der Waals surface area contributed by atoms with Crippen LogP contribution in [0.1, 0.15) is 33.3 Å². The lowest BCUT2D eigenvalue weighted by Gasteiger charge is -2.25. The summed E-state index contributed by atoms with van der Waals surface area (Å²) in [7, 11) is 0. The summed E-state index contributed by atoms with van der Waals surface area (Å²) in [6, 6.07) is 3.10. The summed E-state index contributed by atoms with van der Waals surface area (Å²) in [4.78, 5) is 14.5. The number of hydrogen-bond acceptors (Lipinski definition) is 5. The van der Waals surface area contributed by atoms with Gasteiger partial charge in [-0.2, -0.15) is 5.26 Å². The van der Waals surface area contributed by atoms with Crippen LogP contribution in [-0.4, -0.2) is 16.5 Å². The smallest absolute Gasteiger partial charge is 0.312 e. The van der Waals surface area contributed by atoms with Gasteiger partial charge in [0.2, 0.25) is 5.82 Å². The highest BCUT2D eigenvalue weighted by Crippen LogP contribution is 2.25. The summed E-state index contributed by atoms with van der Waals surface area (Å²) in [5.74, 6) is 1.56. The van der Waals surface area contributed by atoms with E-state index in [0.29, 0.717) is 24.3 Å². The van der Waals surface area contributed by atoms with Crippen molar-refractivity contribution in [2.75, 3.05) is 11.9 Å². The molecule has 0 bridgehead atoms. The molecule has 0 aromatic carbocycles. The van der Waals surface area contributed by atoms with Crippen LogP contribution in [0.4, 0.5) is 11.5 Å². The molecule has 1 aromatic rings. The summed E-state index contributed by atoms with van der Waals surface area (Å²) < 4.78 is 0. The molecule has 0 saturated carbocycles. The molecule has 0 spiro atoms. The normalized spacial score (nSPS) is 10.9. The third-order valence-electron chi connectivity index (χ3n) is 3.41. The lowest BCUT2D eigenvalue weighted by Crippen LogP contribution is -2.25. The maximum Gasteiger partial charge on any atom is 0.312 e. The minimum absolute atomic E-state index is 0.157. The van der Waals surface area contributed by atoms with Crippen LogP contribution in [0.2, 0.25) is 0 Å². The van der Waals surface area contributed by atoms with Crippen molar-refractivity contribution in [3.63, 3.8) is 0 Å². The van der Waals surface area contributed by atoms with Crippen LogP contribution in [0.25, 0.3) is 0 Å². The molecule has 6 heteroatoms. The van der Waals surface area contributed by atoms with Crippen LogP contribution in [-0.2, 0) is 0 Å². The van der Waals surface area contributed by atoms with E-state index in [4.69, 9.17) is 5.26 Å². The molecule has 0 fully saturated rings. The van der Waals surface area contributed by atoms with Crippen molar-refractivity contribution in [3.05, 3.63) is 27.9 Å². The molecule has 0 radical (unpaired) electrons. The molecule has 0 unspecified atom stereocenters. The first-order valence-electron chi connectivity index (χ1n) is 6.65. The molecule has 1 heterocycles. The van der Waals surface area contributed by atoms with Crippen molar-refractivity contribution in [2.45, 2.75) is 27.7 Å². The summed E-state index contributed by atoms with van der Waals surface area (Å²) in [6.45, 7) is 9.15. The fourth-order valence-corrected chi connectivity index (χ4v) is 2.25. The zero-order chi connectivity index (χ0) is 15.3. The quantitative estimate of drug-likeness (QED) is 0.636. The van der Waals surface area contributed by atoms with Gasteiger partial charge in [0.25, 0.3) is 0 Å². The molecule has 108 valence electrons. The number of nitriles is 1. The molecule has 0 saturated heterocycles. The SMILES string of the molecule is CC(C)C(CNc1ncc(C#N)cc1[N+](=O)[O-])C(C)C. The van der Waals surface area contributed by atoms with Crippen molar-refractivity contribution in [3.8, 4) is 6.07 Å². The average molecular weight is 276 g/mol. The summed E-state index contributed by atoms with van der Waals surface area (Å²) >= 11 is 0. The largest absolute Gasteiger partial charge is 0.364 e. The first-order chi connectivity index (χ1) is 9.36. The molecule has 1 rings (SSSR count). The van der Waals surface area contributed by atoms with Gasteiger partial charge in [-0.15, -0.1) is 0 Å². The zero-order valence-electron chi connectivity index (χ0n) is 12.3. The molecule has 0 aliphatic heterocycles. The molecular weight excluding hydrogens is 256 g/mol. The second-order valence-corrected chi connectivity index (χ2v) is 5.49. The van der Waals surface area contributed by atoms with Gasteiger partial charge in [-0.1, -0.05) is 27.7 Å². The van der Waals surface area contributed by atoms with Crippen LogP contribution in [0.3, 0.4) is 0 Å². The van der Waals surface area contributed by atoms with E-state index in [-0.39, 0.29) is 17.1 Å². The van der Waals surface area contributed by atoms with Crippen molar-refractivity contribution < 1.29 is 4.92 Å². The number of nitro groups is 1. The number of hydrogen-bond donors (Lipinski definition) is 1. The Labute approximate surface area is 119 Å². The number of nitrogens with one attached hydrogen (secondary N) is 1. The Morgan fingerprint density at radius 3 is 2.45 bits per heavy atom. The standard InChI is InChI=1S/C14H20N4O2/c1-9(2)12(10(3)4)8-17-14-13(18(19)20)5-11(6-15)7-16-14/h5,7,9-10,12H,8H2,1-4H3,(H,16,17). The Morgan fingerprint density at radius 2 is 2.00 bits per heavy atom. The lowest BCUT2D eigenvalue weighted by atomic mass is 9.85. The van der Waals surface area contributed by atoms with E-state index in [1.165, 1.54) is 12.3 Å². The number of aromatic nitrogens is 1. The predicted molar refractivity (Wildman–Crippen MR) is 77.3 cm³/mol. The average Bonchev–Trinajstić information content (AvgIpc) is 2.38. The summed E-state index contributed by atoms with van der Waals surface area (Å²) in [6.07, 6.45) is 1.34. The van der Waals surface area contributed by atoms with Crippen molar-refractivity contribution >= 4 is 11.5 Å². The maximum atomic E-state index is 11.0. The van der Waals surface area contributed by atoms with Crippen molar-refractivity contribution in [2.24, 2.45) is 17.8 Å². The highest BCUT2D eigenvalue weighted by molar-refractivity contribution is 5.58. The minimum Gasteiger partial charge on any atom is -0.364 e. The fraction of sp³-hybridized carbons (Fsp3) is 0.571. The van der Waals surface area contributed by atoms with Crippen molar-refractivity contribution in [1.82, 2.24) is 4.98 Å². The van der Waals surface area contributed by atoms with Crippen LogP contribution >= 0.6 is 0 Å². The van der Waals surface area contributed by atoms with Gasteiger partial charge < -0.3 is 5.32 Å². The number of anilines is 1. The van der Waals surface area contributed by atoms with Crippen LogP contribution in [0.5, 0.6) is 0 Å². The highest BCUT2D eigenvalue weighted by atomic mass is 16.6. The van der Waals surface area contributed by atoms with E-state index in [1.807, 2.05) is 6.07 Å². The third-order valence-corrected chi connectivity index (χ3v) is 3.41. The van der Waals surface area contributed by atoms with Crippen molar-refractivity contribution in [1.29, 1.82) is 5.26 Å². The molecule has 0 atom stereocenters. The molecule has 6 nitrogen and oxygen atoms in total. The van der Waals surface area contributed by atoms with E-state index < -0.39 is 4.92 Å². The zero-order valence-corrected chi connectivity index (χ0v) is 12.3. The first-order valence-corrected chi connectivity index (χ1v) is 6.65. The second kappa shape index (κ2) is 6.85. The maximum absolute atomic E-state index is 11.0. The van der Waals surface area contributed by atoms with E-state index >= 15 is 0 Å². The molecule has 0 aliphatic carbocycles. The van der Waals surface area contributed by atoms with Gasteiger partial charge in [0.05, 0.1) is 10.5 Å². The fourth-order valence-electron chi connectivity index (χ4n) is 2.25. The minimum atomic E-state index is -0.518. The van der Waals surface area contributed by atoms with Crippen LogP contribution < -0.4 is 5.32 Å². The molecule has 0 aliphatic rings. The summed E-state index contributed by atoms with van der Waals surface area (Å²) in [5, 5.41) is 22.8. The number of rotatable bonds is 6. The van der Waals surface area contributed by atoms with Crippen LogP contribution in [0, 0.1) is 39.2 Å². The van der Waals surface area contributed by atoms with Crippen LogP contribution in [0.15, 0.2) is 12.3 Å². The first kappa shape index (κ1) is 15.9.